The van der Waals surface area contributed by atoms with Crippen LogP contribution in [0.5, 0.6) is 0 Å². The topological polar surface area (TPSA) is 26.3 Å². The molecule has 0 spiro atoms. The quantitative estimate of drug-likeness (QED) is 0.390. The predicted molar refractivity (Wildman–Crippen MR) is 51.8 cm³/mol. The summed E-state index contributed by atoms with van der Waals surface area (Å²) in [6.07, 6.45) is 1.62. The molecule has 0 heterocycles. The second-order valence-electron chi connectivity index (χ2n) is 2.59. The van der Waals surface area contributed by atoms with Gasteiger partial charge in [-0.05, 0) is 0 Å². The van der Waals surface area contributed by atoms with Crippen LogP contribution in [0.3, 0.4) is 0 Å². The van der Waals surface area contributed by atoms with E-state index >= 15 is 0 Å². The highest BCUT2D eigenvalue weighted by molar-refractivity contribution is 5.96. The standard InChI is InChI=1S/C11H12O2/c1-2-8-13-9-11(12)10-6-4-3-5-7-10/h2-7H,1,8-9H2. The van der Waals surface area contributed by atoms with Crippen molar-refractivity contribution >= 4 is 5.78 Å². The fourth-order valence-electron chi connectivity index (χ4n) is 0.942. The Morgan fingerprint density at radius 1 is 1.38 bits per heavy atom. The molecule has 0 unspecified atom stereocenters. The summed E-state index contributed by atoms with van der Waals surface area (Å²) in [6.45, 7) is 4.03. The lowest BCUT2D eigenvalue weighted by Crippen LogP contribution is -2.08. The summed E-state index contributed by atoms with van der Waals surface area (Å²) in [7, 11) is 0. The Kier molecular flexibility index (Phi) is 3.93. The maximum atomic E-state index is 11.4. The van der Waals surface area contributed by atoms with Gasteiger partial charge in [0.2, 0.25) is 0 Å². The summed E-state index contributed by atoms with van der Waals surface area (Å²) in [4.78, 5) is 11.4. The van der Waals surface area contributed by atoms with Crippen LogP contribution < -0.4 is 0 Å². The van der Waals surface area contributed by atoms with E-state index in [2.05, 4.69) is 6.58 Å². The van der Waals surface area contributed by atoms with Crippen molar-refractivity contribution in [1.82, 2.24) is 0 Å². The average molecular weight is 176 g/mol. The Morgan fingerprint density at radius 2 is 2.08 bits per heavy atom. The first-order valence-corrected chi connectivity index (χ1v) is 4.11. The van der Waals surface area contributed by atoms with Crippen molar-refractivity contribution in [2.45, 2.75) is 0 Å². The number of hydrogen-bond donors (Lipinski definition) is 0. The molecule has 13 heavy (non-hydrogen) atoms. The van der Waals surface area contributed by atoms with Gasteiger partial charge >= 0.3 is 0 Å². The van der Waals surface area contributed by atoms with Crippen LogP contribution >= 0.6 is 0 Å². The normalized spacial score (nSPS) is 9.54. The van der Waals surface area contributed by atoms with Crippen molar-refractivity contribution in [1.29, 1.82) is 0 Å². The van der Waals surface area contributed by atoms with Crippen LogP contribution in [0.2, 0.25) is 0 Å². The van der Waals surface area contributed by atoms with Gasteiger partial charge in [0.05, 0.1) is 6.61 Å². The van der Waals surface area contributed by atoms with E-state index in [0.717, 1.165) is 0 Å². The molecule has 1 aromatic rings. The van der Waals surface area contributed by atoms with E-state index in [1.54, 1.807) is 18.2 Å². The van der Waals surface area contributed by atoms with E-state index in [1.807, 2.05) is 18.2 Å². The molecule has 0 aliphatic carbocycles. The first-order valence-electron chi connectivity index (χ1n) is 4.11. The first-order chi connectivity index (χ1) is 6.34. The lowest BCUT2D eigenvalue weighted by Gasteiger charge is -2.00. The maximum Gasteiger partial charge on any atom is 0.188 e. The summed E-state index contributed by atoms with van der Waals surface area (Å²) in [5, 5.41) is 0. The van der Waals surface area contributed by atoms with Crippen LogP contribution in [0.25, 0.3) is 0 Å². The van der Waals surface area contributed by atoms with E-state index in [0.29, 0.717) is 12.2 Å². The highest BCUT2D eigenvalue weighted by Crippen LogP contribution is 1.99. The molecule has 1 aromatic carbocycles. The zero-order valence-corrected chi connectivity index (χ0v) is 7.40. The molecule has 0 aliphatic heterocycles. The summed E-state index contributed by atoms with van der Waals surface area (Å²) < 4.78 is 5.03. The summed E-state index contributed by atoms with van der Waals surface area (Å²) in [6, 6.07) is 9.10. The number of carbonyl (C=O) groups is 1. The number of carbonyl (C=O) groups excluding carboxylic acids is 1. The highest BCUT2D eigenvalue weighted by Gasteiger charge is 2.03. The molecule has 68 valence electrons. The lowest BCUT2D eigenvalue weighted by molar-refractivity contribution is 0.0806. The van der Waals surface area contributed by atoms with Crippen LogP contribution in [0, 0.1) is 0 Å². The summed E-state index contributed by atoms with van der Waals surface area (Å²) in [5.41, 5.74) is 0.687. The van der Waals surface area contributed by atoms with E-state index in [-0.39, 0.29) is 12.4 Å². The summed E-state index contributed by atoms with van der Waals surface area (Å²) >= 11 is 0. The highest BCUT2D eigenvalue weighted by atomic mass is 16.5. The molecular weight excluding hydrogens is 164 g/mol. The molecule has 0 saturated carbocycles. The SMILES string of the molecule is C=CCOCC(=O)c1ccccc1. The van der Waals surface area contributed by atoms with Crippen LogP contribution in [0.4, 0.5) is 0 Å². The Hall–Kier alpha value is -1.41. The molecule has 1 rings (SSSR count). The monoisotopic (exact) mass is 176 g/mol. The van der Waals surface area contributed by atoms with Gasteiger partial charge in [0.1, 0.15) is 6.61 Å². The van der Waals surface area contributed by atoms with E-state index in [9.17, 15) is 4.79 Å². The van der Waals surface area contributed by atoms with Gasteiger partial charge in [0, 0.05) is 5.56 Å². The number of Topliss-reactive ketones (excluding diaryl/α,β-unsaturated/α-hetero) is 1. The van der Waals surface area contributed by atoms with Crippen molar-refractivity contribution < 1.29 is 9.53 Å². The second kappa shape index (κ2) is 5.27. The molecule has 0 aliphatic rings. The number of benzene rings is 1. The van der Waals surface area contributed by atoms with Crippen LogP contribution in [-0.4, -0.2) is 19.0 Å². The molecule has 0 atom stereocenters. The number of ether oxygens (including phenoxy) is 1. The Bertz CT molecular complexity index is 277. The Morgan fingerprint density at radius 3 is 2.69 bits per heavy atom. The molecule has 0 bridgehead atoms. The van der Waals surface area contributed by atoms with E-state index in [1.165, 1.54) is 0 Å². The fraction of sp³-hybridized carbons (Fsp3) is 0.182. The number of rotatable bonds is 5. The van der Waals surface area contributed by atoms with Crippen molar-refractivity contribution in [3.8, 4) is 0 Å². The van der Waals surface area contributed by atoms with Gasteiger partial charge in [-0.3, -0.25) is 4.79 Å². The van der Waals surface area contributed by atoms with Crippen molar-refractivity contribution in [2.75, 3.05) is 13.2 Å². The molecule has 0 fully saturated rings. The molecule has 2 heteroatoms. The minimum absolute atomic E-state index is 0.00227. The average Bonchev–Trinajstić information content (AvgIpc) is 2.19. The third-order valence-electron chi connectivity index (χ3n) is 1.56. The predicted octanol–water partition coefficient (Wildman–Crippen LogP) is 2.07. The van der Waals surface area contributed by atoms with Crippen LogP contribution in [-0.2, 0) is 4.74 Å². The maximum absolute atomic E-state index is 11.4. The molecule has 0 N–H and O–H groups in total. The molecule has 0 saturated heterocycles. The van der Waals surface area contributed by atoms with Gasteiger partial charge in [-0.2, -0.15) is 0 Å². The molecular formula is C11H12O2. The van der Waals surface area contributed by atoms with Crippen LogP contribution in [0.1, 0.15) is 10.4 Å². The zero-order chi connectivity index (χ0) is 9.52. The molecule has 0 amide bonds. The van der Waals surface area contributed by atoms with Gasteiger partial charge in [-0.15, -0.1) is 6.58 Å². The molecule has 2 nitrogen and oxygen atoms in total. The van der Waals surface area contributed by atoms with Gasteiger partial charge < -0.3 is 4.74 Å². The molecule has 0 aromatic heterocycles. The largest absolute Gasteiger partial charge is 0.369 e. The minimum Gasteiger partial charge on any atom is -0.369 e. The van der Waals surface area contributed by atoms with E-state index < -0.39 is 0 Å². The smallest absolute Gasteiger partial charge is 0.188 e. The van der Waals surface area contributed by atoms with Crippen LogP contribution in [0.15, 0.2) is 43.0 Å². The second-order valence-corrected chi connectivity index (χ2v) is 2.59. The van der Waals surface area contributed by atoms with Gasteiger partial charge in [-0.1, -0.05) is 36.4 Å². The van der Waals surface area contributed by atoms with Crippen molar-refractivity contribution in [2.24, 2.45) is 0 Å². The third kappa shape index (κ3) is 3.22. The van der Waals surface area contributed by atoms with E-state index in [4.69, 9.17) is 4.74 Å². The van der Waals surface area contributed by atoms with Gasteiger partial charge in [0.15, 0.2) is 5.78 Å². The van der Waals surface area contributed by atoms with Gasteiger partial charge in [0.25, 0.3) is 0 Å². The fourth-order valence-corrected chi connectivity index (χ4v) is 0.942. The molecule has 0 radical (unpaired) electrons. The Labute approximate surface area is 77.8 Å². The lowest BCUT2D eigenvalue weighted by atomic mass is 10.1. The van der Waals surface area contributed by atoms with Gasteiger partial charge in [-0.25, -0.2) is 0 Å². The Balaban J connectivity index is 2.45. The number of ketones is 1. The van der Waals surface area contributed by atoms with Crippen molar-refractivity contribution in [3.63, 3.8) is 0 Å². The zero-order valence-electron chi connectivity index (χ0n) is 7.40. The van der Waals surface area contributed by atoms with Crippen molar-refractivity contribution in [3.05, 3.63) is 48.6 Å². The third-order valence-corrected chi connectivity index (χ3v) is 1.56. The summed E-state index contributed by atoms with van der Waals surface area (Å²) in [5.74, 6) is 0.00227. The minimum atomic E-state index is 0.00227. The first kappa shape index (κ1) is 9.68. The number of hydrogen-bond acceptors (Lipinski definition) is 2.